The van der Waals surface area contributed by atoms with Gasteiger partial charge in [0, 0.05) is 12.5 Å². The highest BCUT2D eigenvalue weighted by atomic mass is 16.4. The van der Waals surface area contributed by atoms with Gasteiger partial charge in [-0.05, 0) is 0 Å². The number of rotatable bonds is 4. The van der Waals surface area contributed by atoms with E-state index in [4.69, 9.17) is 20.4 Å². The van der Waals surface area contributed by atoms with Crippen LogP contribution in [0.25, 0.3) is 0 Å². The van der Waals surface area contributed by atoms with E-state index in [2.05, 4.69) is 0 Å². The van der Waals surface area contributed by atoms with Crippen LogP contribution in [0.15, 0.2) is 0 Å². The van der Waals surface area contributed by atoms with Crippen molar-refractivity contribution < 1.29 is 20.4 Å². The van der Waals surface area contributed by atoms with Gasteiger partial charge < -0.3 is 20.4 Å². The first-order valence-electron chi connectivity index (χ1n) is 3.21. The Morgan fingerprint density at radius 3 is 1.90 bits per heavy atom. The first-order valence-corrected chi connectivity index (χ1v) is 3.21. The monoisotopic (exact) mass is 150 g/mol. The van der Waals surface area contributed by atoms with Gasteiger partial charge in [0.1, 0.15) is 6.10 Å². The van der Waals surface area contributed by atoms with Gasteiger partial charge in [-0.15, -0.1) is 0 Å². The molecule has 0 radical (unpaired) electrons. The third-order valence-electron chi connectivity index (χ3n) is 1.45. The minimum absolute atomic E-state index is 0.196. The van der Waals surface area contributed by atoms with Crippen LogP contribution in [0.4, 0.5) is 0 Å². The first-order chi connectivity index (χ1) is 4.63. The molecule has 0 aromatic carbocycles. The summed E-state index contributed by atoms with van der Waals surface area (Å²) in [6, 6.07) is 0. The quantitative estimate of drug-likeness (QED) is 0.386. The molecular weight excluding hydrogens is 136 g/mol. The van der Waals surface area contributed by atoms with E-state index in [1.807, 2.05) is 0 Å². The van der Waals surface area contributed by atoms with Gasteiger partial charge in [-0.3, -0.25) is 0 Å². The Morgan fingerprint density at radius 1 is 1.10 bits per heavy atom. The molecule has 0 spiro atoms. The van der Waals surface area contributed by atoms with Gasteiger partial charge in [0.2, 0.25) is 0 Å². The molecule has 0 bridgehead atoms. The predicted octanol–water partition coefficient (Wildman–Crippen LogP) is -1.67. The number of hydrogen-bond donors (Lipinski definition) is 4. The summed E-state index contributed by atoms with van der Waals surface area (Å²) in [5, 5.41) is 34.7. The smallest absolute Gasteiger partial charge is 0.103 e. The zero-order chi connectivity index (χ0) is 8.15. The molecule has 4 N–H and O–H groups in total. The van der Waals surface area contributed by atoms with Crippen molar-refractivity contribution in [2.75, 3.05) is 13.2 Å². The molecule has 0 heterocycles. The fourth-order valence-corrected chi connectivity index (χ4v) is 0.595. The molecule has 0 aromatic heterocycles. The van der Waals surface area contributed by atoms with Crippen molar-refractivity contribution in [3.63, 3.8) is 0 Å². The van der Waals surface area contributed by atoms with Crippen LogP contribution in [-0.4, -0.2) is 45.8 Å². The molecule has 0 aromatic rings. The largest absolute Gasteiger partial charge is 0.396 e. The van der Waals surface area contributed by atoms with Crippen molar-refractivity contribution in [3.8, 4) is 0 Å². The lowest BCUT2D eigenvalue weighted by molar-refractivity contribution is -0.0496. The van der Waals surface area contributed by atoms with Crippen LogP contribution in [0.2, 0.25) is 0 Å². The fourth-order valence-electron chi connectivity index (χ4n) is 0.595. The Balaban J connectivity index is 3.69. The van der Waals surface area contributed by atoms with E-state index >= 15 is 0 Å². The van der Waals surface area contributed by atoms with Crippen molar-refractivity contribution >= 4 is 0 Å². The topological polar surface area (TPSA) is 80.9 Å². The predicted molar refractivity (Wildman–Crippen MR) is 35.3 cm³/mol. The van der Waals surface area contributed by atoms with Crippen molar-refractivity contribution in [3.05, 3.63) is 0 Å². The molecule has 0 amide bonds. The number of aliphatic hydroxyl groups is 4. The maximum absolute atomic E-state index is 9.02. The molecule has 0 aliphatic rings. The average Bonchev–Trinajstić information content (AvgIpc) is 2.00. The second-order valence-corrected chi connectivity index (χ2v) is 2.40. The van der Waals surface area contributed by atoms with Crippen LogP contribution < -0.4 is 0 Å². The normalized spacial score (nSPS) is 20.1. The van der Waals surface area contributed by atoms with Crippen molar-refractivity contribution in [1.82, 2.24) is 0 Å². The Morgan fingerprint density at radius 2 is 1.60 bits per heavy atom. The van der Waals surface area contributed by atoms with Crippen molar-refractivity contribution in [2.24, 2.45) is 5.92 Å². The van der Waals surface area contributed by atoms with E-state index in [9.17, 15) is 0 Å². The summed E-state index contributed by atoms with van der Waals surface area (Å²) in [5.41, 5.74) is 0. The lowest BCUT2D eigenvalue weighted by Gasteiger charge is -2.20. The molecule has 4 heteroatoms. The first kappa shape index (κ1) is 9.84. The maximum atomic E-state index is 9.02. The third-order valence-corrected chi connectivity index (χ3v) is 1.45. The van der Waals surface area contributed by atoms with E-state index in [0.717, 1.165) is 0 Å². The van der Waals surface area contributed by atoms with Crippen LogP contribution in [0, 0.1) is 5.92 Å². The standard InChI is InChI=1S/C6H14O4/c1-4(2-7)6(10)5(9)3-8/h4-10H,2-3H2,1H3/t4-,5-,6+/m1/s1. The van der Waals surface area contributed by atoms with Gasteiger partial charge in [-0.25, -0.2) is 0 Å². The lowest BCUT2D eigenvalue weighted by atomic mass is 10.0. The van der Waals surface area contributed by atoms with Gasteiger partial charge >= 0.3 is 0 Å². The summed E-state index contributed by atoms with van der Waals surface area (Å²) in [7, 11) is 0. The molecular formula is C6H14O4. The third kappa shape index (κ3) is 2.62. The highest BCUT2D eigenvalue weighted by Crippen LogP contribution is 2.05. The summed E-state index contributed by atoms with van der Waals surface area (Å²) in [6.07, 6.45) is -2.20. The lowest BCUT2D eigenvalue weighted by Crippen LogP contribution is -2.36. The molecule has 4 nitrogen and oxygen atoms in total. The Hall–Kier alpha value is -0.160. The highest BCUT2D eigenvalue weighted by Gasteiger charge is 2.20. The van der Waals surface area contributed by atoms with E-state index in [1.54, 1.807) is 6.92 Å². The second-order valence-electron chi connectivity index (χ2n) is 2.40. The Labute approximate surface area is 59.7 Å². The SMILES string of the molecule is C[C@H](CO)[C@H](O)[C@H](O)CO. The van der Waals surface area contributed by atoms with E-state index < -0.39 is 24.7 Å². The highest BCUT2D eigenvalue weighted by molar-refractivity contribution is 4.70. The van der Waals surface area contributed by atoms with Crippen LogP contribution >= 0.6 is 0 Å². The molecule has 0 saturated heterocycles. The van der Waals surface area contributed by atoms with Crippen LogP contribution in [0.3, 0.4) is 0 Å². The van der Waals surface area contributed by atoms with Crippen molar-refractivity contribution in [2.45, 2.75) is 19.1 Å². The van der Waals surface area contributed by atoms with E-state index in [1.165, 1.54) is 0 Å². The zero-order valence-corrected chi connectivity index (χ0v) is 5.94. The summed E-state index contributed by atoms with van der Waals surface area (Å²) in [5.74, 6) is -0.401. The van der Waals surface area contributed by atoms with Crippen LogP contribution in [0.1, 0.15) is 6.92 Å². The van der Waals surface area contributed by atoms with Gasteiger partial charge in [0.05, 0.1) is 12.7 Å². The molecule has 0 unspecified atom stereocenters. The van der Waals surface area contributed by atoms with Crippen LogP contribution in [-0.2, 0) is 0 Å². The molecule has 0 rings (SSSR count). The summed E-state index contributed by atoms with van der Waals surface area (Å²) in [6.45, 7) is 0.910. The molecule has 10 heavy (non-hydrogen) atoms. The maximum Gasteiger partial charge on any atom is 0.103 e. The molecule has 62 valence electrons. The van der Waals surface area contributed by atoms with Gasteiger partial charge in [0.15, 0.2) is 0 Å². The molecule has 3 atom stereocenters. The Kier molecular flexibility index (Phi) is 4.55. The van der Waals surface area contributed by atoms with E-state index in [-0.39, 0.29) is 6.61 Å². The average molecular weight is 150 g/mol. The molecule has 0 saturated carbocycles. The Bertz CT molecular complexity index is 75.8. The second kappa shape index (κ2) is 4.62. The van der Waals surface area contributed by atoms with Crippen LogP contribution in [0.5, 0.6) is 0 Å². The summed E-state index contributed by atoms with van der Waals surface area (Å²) >= 11 is 0. The number of hydrogen-bond acceptors (Lipinski definition) is 4. The summed E-state index contributed by atoms with van der Waals surface area (Å²) in [4.78, 5) is 0. The zero-order valence-electron chi connectivity index (χ0n) is 5.94. The molecule has 0 aliphatic carbocycles. The summed E-state index contributed by atoms with van der Waals surface area (Å²) < 4.78 is 0. The van der Waals surface area contributed by atoms with Gasteiger partial charge in [-0.1, -0.05) is 6.92 Å². The van der Waals surface area contributed by atoms with Crippen molar-refractivity contribution in [1.29, 1.82) is 0 Å². The van der Waals surface area contributed by atoms with Gasteiger partial charge in [0.25, 0.3) is 0 Å². The molecule has 0 aliphatic heterocycles. The fraction of sp³-hybridized carbons (Fsp3) is 1.00. The number of aliphatic hydroxyl groups excluding tert-OH is 4. The van der Waals surface area contributed by atoms with E-state index in [0.29, 0.717) is 0 Å². The van der Waals surface area contributed by atoms with Gasteiger partial charge in [-0.2, -0.15) is 0 Å². The molecule has 0 fully saturated rings. The minimum Gasteiger partial charge on any atom is -0.396 e. The minimum atomic E-state index is -1.15.